The molecular formula is C22H31Cl2N3O3. The summed E-state index contributed by atoms with van der Waals surface area (Å²) in [7, 11) is 0. The summed E-state index contributed by atoms with van der Waals surface area (Å²) in [4.78, 5) is 16.9. The monoisotopic (exact) mass is 455 g/mol. The van der Waals surface area contributed by atoms with Gasteiger partial charge in [0, 0.05) is 18.3 Å². The third-order valence-electron chi connectivity index (χ3n) is 5.00. The van der Waals surface area contributed by atoms with Crippen LogP contribution in [0.1, 0.15) is 51.0 Å². The van der Waals surface area contributed by atoms with Crippen molar-refractivity contribution >= 4 is 30.7 Å². The van der Waals surface area contributed by atoms with E-state index < -0.39 is 5.54 Å². The Bertz CT molecular complexity index is 781. The molecule has 1 aromatic carbocycles. The van der Waals surface area contributed by atoms with E-state index in [-0.39, 0.29) is 30.7 Å². The highest BCUT2D eigenvalue weighted by Gasteiger charge is 2.35. The minimum Gasteiger partial charge on any atom is -0.494 e. The average Bonchev–Trinajstić information content (AvgIpc) is 2.73. The molecule has 0 aliphatic heterocycles. The van der Waals surface area contributed by atoms with Crippen LogP contribution in [-0.4, -0.2) is 23.0 Å². The Morgan fingerprint density at radius 1 is 1.10 bits per heavy atom. The highest BCUT2D eigenvalue weighted by Crippen LogP contribution is 2.27. The molecule has 0 saturated heterocycles. The van der Waals surface area contributed by atoms with E-state index in [0.717, 1.165) is 49.8 Å². The van der Waals surface area contributed by atoms with E-state index in [9.17, 15) is 4.79 Å². The zero-order valence-electron chi connectivity index (χ0n) is 17.3. The van der Waals surface area contributed by atoms with E-state index in [1.807, 2.05) is 36.4 Å². The van der Waals surface area contributed by atoms with E-state index in [1.54, 1.807) is 6.20 Å². The molecular weight excluding hydrogens is 425 g/mol. The van der Waals surface area contributed by atoms with Gasteiger partial charge in [0.05, 0.1) is 12.1 Å². The Hall–Kier alpha value is -2.02. The Morgan fingerprint density at radius 3 is 2.43 bits per heavy atom. The van der Waals surface area contributed by atoms with Crippen LogP contribution >= 0.6 is 24.8 Å². The van der Waals surface area contributed by atoms with E-state index in [0.29, 0.717) is 24.8 Å². The molecule has 30 heavy (non-hydrogen) atoms. The third-order valence-corrected chi connectivity index (χ3v) is 5.00. The van der Waals surface area contributed by atoms with Crippen molar-refractivity contribution < 1.29 is 14.3 Å². The molecule has 1 amide bonds. The summed E-state index contributed by atoms with van der Waals surface area (Å²) in [6.07, 6.45) is 7.26. The number of rotatable bonds is 8. The number of hydrogen-bond acceptors (Lipinski definition) is 5. The molecule has 1 aromatic heterocycles. The van der Waals surface area contributed by atoms with Gasteiger partial charge >= 0.3 is 0 Å². The van der Waals surface area contributed by atoms with E-state index >= 15 is 0 Å². The maximum Gasteiger partial charge on any atom is 0.240 e. The van der Waals surface area contributed by atoms with Gasteiger partial charge in [-0.1, -0.05) is 32.3 Å². The van der Waals surface area contributed by atoms with Crippen molar-refractivity contribution in [2.75, 3.05) is 6.61 Å². The van der Waals surface area contributed by atoms with Gasteiger partial charge in [-0.3, -0.25) is 4.79 Å². The fraction of sp³-hybridized carbons (Fsp3) is 0.455. The second-order valence-electron chi connectivity index (χ2n) is 7.29. The molecule has 0 unspecified atom stereocenters. The lowest BCUT2D eigenvalue weighted by Gasteiger charge is -2.31. The number of benzene rings is 1. The molecule has 0 bridgehead atoms. The van der Waals surface area contributed by atoms with Gasteiger partial charge < -0.3 is 20.5 Å². The maximum atomic E-state index is 12.6. The molecule has 1 saturated carbocycles. The minimum absolute atomic E-state index is 0. The molecule has 1 aliphatic carbocycles. The van der Waals surface area contributed by atoms with E-state index in [4.69, 9.17) is 15.2 Å². The number of amides is 1. The number of carbonyl (C=O) groups is 1. The van der Waals surface area contributed by atoms with Gasteiger partial charge in [-0.25, -0.2) is 4.98 Å². The number of ether oxygens (including phenoxy) is 2. The lowest BCUT2D eigenvalue weighted by molar-refractivity contribution is -0.127. The second-order valence-corrected chi connectivity index (χ2v) is 7.29. The van der Waals surface area contributed by atoms with Crippen molar-refractivity contribution in [1.82, 2.24) is 10.3 Å². The summed E-state index contributed by atoms with van der Waals surface area (Å²) in [5.74, 6) is 1.85. The summed E-state index contributed by atoms with van der Waals surface area (Å²) in [5, 5.41) is 2.96. The van der Waals surface area contributed by atoms with Crippen LogP contribution in [-0.2, 0) is 11.3 Å². The van der Waals surface area contributed by atoms with Crippen molar-refractivity contribution in [1.29, 1.82) is 0 Å². The Morgan fingerprint density at radius 2 is 1.77 bits per heavy atom. The van der Waals surface area contributed by atoms with Crippen molar-refractivity contribution in [3.8, 4) is 17.4 Å². The minimum atomic E-state index is -0.754. The van der Waals surface area contributed by atoms with Crippen LogP contribution in [0.25, 0.3) is 0 Å². The first-order chi connectivity index (χ1) is 13.6. The van der Waals surface area contributed by atoms with Gasteiger partial charge in [-0.2, -0.15) is 0 Å². The van der Waals surface area contributed by atoms with E-state index in [1.165, 1.54) is 0 Å². The summed E-state index contributed by atoms with van der Waals surface area (Å²) < 4.78 is 11.5. The molecule has 2 aromatic rings. The maximum absolute atomic E-state index is 12.6. The standard InChI is InChI=1S/C22H29N3O3.2ClH/c1-2-15-27-18-8-10-19(11-9-18)28-20-17(7-6-14-24-20)16-25-21(26)22(23)12-4-3-5-13-22;;/h6-11,14H,2-5,12-13,15-16,23H2,1H3,(H,25,26);2*1H. The summed E-state index contributed by atoms with van der Waals surface area (Å²) in [6.45, 7) is 3.09. The topological polar surface area (TPSA) is 86.5 Å². The Labute approximate surface area is 190 Å². The molecule has 3 N–H and O–H groups in total. The number of nitrogens with two attached hydrogens (primary N) is 1. The number of halogens is 2. The molecule has 0 radical (unpaired) electrons. The van der Waals surface area contributed by atoms with Crippen LogP contribution in [0.3, 0.4) is 0 Å². The van der Waals surface area contributed by atoms with Crippen LogP contribution in [0.15, 0.2) is 42.6 Å². The van der Waals surface area contributed by atoms with Gasteiger partial charge in [0.25, 0.3) is 0 Å². The van der Waals surface area contributed by atoms with Gasteiger partial charge in [0.15, 0.2) is 0 Å². The van der Waals surface area contributed by atoms with Crippen molar-refractivity contribution in [2.45, 2.75) is 57.5 Å². The highest BCUT2D eigenvalue weighted by atomic mass is 35.5. The van der Waals surface area contributed by atoms with Gasteiger partial charge in [0.1, 0.15) is 11.5 Å². The third kappa shape index (κ3) is 7.04. The highest BCUT2D eigenvalue weighted by molar-refractivity contribution is 5.86. The normalized spacial score (nSPS) is 14.6. The van der Waals surface area contributed by atoms with Crippen LogP contribution in [0.4, 0.5) is 0 Å². The number of hydrogen-bond donors (Lipinski definition) is 2. The molecule has 0 atom stereocenters. The fourth-order valence-electron chi connectivity index (χ4n) is 3.35. The summed E-state index contributed by atoms with van der Waals surface area (Å²) in [5.41, 5.74) is 6.36. The summed E-state index contributed by atoms with van der Waals surface area (Å²) >= 11 is 0. The number of pyridine rings is 1. The SMILES string of the molecule is CCCOc1ccc(Oc2ncccc2CNC(=O)C2(N)CCCCC2)cc1.Cl.Cl. The zero-order valence-corrected chi connectivity index (χ0v) is 18.9. The first-order valence-corrected chi connectivity index (χ1v) is 10.0. The molecule has 166 valence electrons. The molecule has 6 nitrogen and oxygen atoms in total. The van der Waals surface area contributed by atoms with Gasteiger partial charge in [-0.05, 0) is 49.6 Å². The molecule has 0 spiro atoms. The van der Waals surface area contributed by atoms with Crippen LogP contribution < -0.4 is 20.5 Å². The molecule has 1 aliphatic rings. The van der Waals surface area contributed by atoms with Crippen LogP contribution in [0, 0.1) is 0 Å². The van der Waals surface area contributed by atoms with Gasteiger partial charge in [0.2, 0.25) is 11.8 Å². The lowest BCUT2D eigenvalue weighted by Crippen LogP contribution is -2.54. The average molecular weight is 456 g/mol. The number of carbonyl (C=O) groups excluding carboxylic acids is 1. The fourth-order valence-corrected chi connectivity index (χ4v) is 3.35. The zero-order chi connectivity index (χ0) is 19.8. The smallest absolute Gasteiger partial charge is 0.240 e. The molecule has 8 heteroatoms. The van der Waals surface area contributed by atoms with E-state index in [2.05, 4.69) is 17.2 Å². The predicted octanol–water partition coefficient (Wildman–Crippen LogP) is 4.78. The first-order valence-electron chi connectivity index (χ1n) is 10.0. The van der Waals surface area contributed by atoms with Crippen molar-refractivity contribution in [3.05, 3.63) is 48.2 Å². The first kappa shape index (κ1) is 26.0. The predicted molar refractivity (Wildman–Crippen MR) is 123 cm³/mol. The van der Waals surface area contributed by atoms with Crippen LogP contribution in [0.5, 0.6) is 17.4 Å². The van der Waals surface area contributed by atoms with Gasteiger partial charge in [-0.15, -0.1) is 24.8 Å². The van der Waals surface area contributed by atoms with Crippen molar-refractivity contribution in [3.63, 3.8) is 0 Å². The summed E-state index contributed by atoms with van der Waals surface area (Å²) in [6, 6.07) is 11.2. The van der Waals surface area contributed by atoms with Crippen molar-refractivity contribution in [2.24, 2.45) is 5.73 Å². The molecule has 1 fully saturated rings. The number of nitrogens with zero attached hydrogens (tertiary/aromatic N) is 1. The number of nitrogens with one attached hydrogen (secondary N) is 1. The second kappa shape index (κ2) is 12.6. The quantitative estimate of drug-likeness (QED) is 0.597. The van der Waals surface area contributed by atoms with Crippen LogP contribution in [0.2, 0.25) is 0 Å². The Kier molecular flexibility index (Phi) is 10.9. The number of aromatic nitrogens is 1. The molecule has 1 heterocycles. The molecule has 3 rings (SSSR count). The lowest BCUT2D eigenvalue weighted by atomic mass is 9.82. The largest absolute Gasteiger partial charge is 0.494 e. The Balaban J connectivity index is 0.00000225.